The van der Waals surface area contributed by atoms with Crippen molar-refractivity contribution in [1.82, 2.24) is 5.43 Å². The predicted molar refractivity (Wildman–Crippen MR) is 82.6 cm³/mol. The molecule has 4 heteroatoms. The van der Waals surface area contributed by atoms with E-state index in [9.17, 15) is 4.39 Å². The Bertz CT molecular complexity index is 628. The third-order valence-corrected chi connectivity index (χ3v) is 3.64. The summed E-state index contributed by atoms with van der Waals surface area (Å²) >= 11 is 0. The van der Waals surface area contributed by atoms with Crippen molar-refractivity contribution in [3.8, 4) is 5.75 Å². The number of halogens is 1. The number of hydrazine groups is 1. The first kappa shape index (κ1) is 15.5. The molecule has 0 radical (unpaired) electrons. The first-order valence-electron chi connectivity index (χ1n) is 6.91. The molecule has 1 unspecified atom stereocenters. The summed E-state index contributed by atoms with van der Waals surface area (Å²) in [5.41, 5.74) is 6.57. The van der Waals surface area contributed by atoms with Gasteiger partial charge in [0, 0.05) is 5.56 Å². The molecule has 2 aromatic carbocycles. The summed E-state index contributed by atoms with van der Waals surface area (Å²) in [4.78, 5) is 0. The molecule has 0 aliphatic heterocycles. The lowest BCUT2D eigenvalue weighted by Crippen LogP contribution is -2.30. The van der Waals surface area contributed by atoms with E-state index in [0.717, 1.165) is 22.4 Å². The maximum absolute atomic E-state index is 13.8. The third kappa shape index (κ3) is 3.40. The number of nitrogens with one attached hydrogen (secondary N) is 1. The standard InChI is InChI=1S/C17H21FN2O/c1-11-8-12(2)17(16(9-11)21-3)15(20-19)10-13-6-4-5-7-14(13)18/h4-9,15,20H,10,19H2,1-3H3. The van der Waals surface area contributed by atoms with Gasteiger partial charge in [0.1, 0.15) is 11.6 Å². The van der Waals surface area contributed by atoms with Crippen molar-refractivity contribution in [1.29, 1.82) is 0 Å². The Labute approximate surface area is 124 Å². The monoisotopic (exact) mass is 288 g/mol. The van der Waals surface area contributed by atoms with Gasteiger partial charge < -0.3 is 4.74 Å². The number of aryl methyl sites for hydroxylation is 2. The molecule has 0 heterocycles. The lowest BCUT2D eigenvalue weighted by molar-refractivity contribution is 0.397. The van der Waals surface area contributed by atoms with Crippen LogP contribution in [0.5, 0.6) is 5.75 Å². The van der Waals surface area contributed by atoms with Crippen LogP contribution in [0.25, 0.3) is 0 Å². The molecule has 0 saturated heterocycles. The van der Waals surface area contributed by atoms with Gasteiger partial charge in [0.2, 0.25) is 0 Å². The molecule has 21 heavy (non-hydrogen) atoms. The molecule has 0 aliphatic carbocycles. The second-order valence-corrected chi connectivity index (χ2v) is 5.21. The molecule has 0 bridgehead atoms. The second kappa shape index (κ2) is 6.70. The van der Waals surface area contributed by atoms with Gasteiger partial charge in [0.15, 0.2) is 0 Å². The molecule has 0 amide bonds. The van der Waals surface area contributed by atoms with E-state index >= 15 is 0 Å². The first-order valence-corrected chi connectivity index (χ1v) is 6.91. The zero-order chi connectivity index (χ0) is 15.4. The van der Waals surface area contributed by atoms with Crippen LogP contribution in [0.1, 0.15) is 28.3 Å². The molecule has 2 aromatic rings. The highest BCUT2D eigenvalue weighted by Crippen LogP contribution is 2.32. The van der Waals surface area contributed by atoms with Gasteiger partial charge in [-0.15, -0.1) is 0 Å². The fraction of sp³-hybridized carbons (Fsp3) is 0.294. The van der Waals surface area contributed by atoms with Crippen LogP contribution in [0.3, 0.4) is 0 Å². The van der Waals surface area contributed by atoms with Crippen LogP contribution >= 0.6 is 0 Å². The van der Waals surface area contributed by atoms with Crippen molar-refractivity contribution < 1.29 is 9.13 Å². The third-order valence-electron chi connectivity index (χ3n) is 3.64. The minimum absolute atomic E-state index is 0.211. The van der Waals surface area contributed by atoms with Crippen LogP contribution in [0.2, 0.25) is 0 Å². The van der Waals surface area contributed by atoms with Crippen molar-refractivity contribution in [3.63, 3.8) is 0 Å². The van der Waals surface area contributed by atoms with E-state index in [1.165, 1.54) is 6.07 Å². The molecular formula is C17H21FN2O. The summed E-state index contributed by atoms with van der Waals surface area (Å²) in [7, 11) is 1.63. The molecular weight excluding hydrogens is 267 g/mol. The van der Waals surface area contributed by atoms with Gasteiger partial charge in [-0.05, 0) is 49.1 Å². The van der Waals surface area contributed by atoms with Gasteiger partial charge in [-0.25, -0.2) is 4.39 Å². The summed E-state index contributed by atoms with van der Waals surface area (Å²) in [6.45, 7) is 4.03. The van der Waals surface area contributed by atoms with E-state index in [4.69, 9.17) is 10.6 Å². The Morgan fingerprint density at radius 2 is 1.95 bits per heavy atom. The van der Waals surface area contributed by atoms with Gasteiger partial charge in [0.05, 0.1) is 13.2 Å². The Morgan fingerprint density at radius 3 is 2.57 bits per heavy atom. The molecule has 0 saturated carbocycles. The number of hydrogen-bond acceptors (Lipinski definition) is 3. The SMILES string of the molecule is COc1cc(C)cc(C)c1C(Cc1ccccc1F)NN. The summed E-state index contributed by atoms with van der Waals surface area (Å²) in [6, 6.07) is 10.6. The van der Waals surface area contributed by atoms with Gasteiger partial charge in [-0.3, -0.25) is 11.3 Å². The molecule has 0 spiro atoms. The molecule has 3 N–H and O–H groups in total. The summed E-state index contributed by atoms with van der Waals surface area (Å²) in [5.74, 6) is 6.25. The molecule has 0 aromatic heterocycles. The van der Waals surface area contributed by atoms with Crippen LogP contribution in [-0.4, -0.2) is 7.11 Å². The summed E-state index contributed by atoms with van der Waals surface area (Å²) in [6.07, 6.45) is 0.462. The first-order chi connectivity index (χ1) is 10.1. The highest BCUT2D eigenvalue weighted by molar-refractivity contribution is 5.45. The number of methoxy groups -OCH3 is 1. The zero-order valence-electron chi connectivity index (χ0n) is 12.6. The average Bonchev–Trinajstić information content (AvgIpc) is 2.46. The molecule has 0 fully saturated rings. The van der Waals surface area contributed by atoms with Gasteiger partial charge >= 0.3 is 0 Å². The van der Waals surface area contributed by atoms with Crippen LogP contribution < -0.4 is 16.0 Å². The number of nitrogens with two attached hydrogens (primary N) is 1. The lowest BCUT2D eigenvalue weighted by Gasteiger charge is -2.22. The van der Waals surface area contributed by atoms with Gasteiger partial charge in [-0.1, -0.05) is 24.3 Å². The smallest absolute Gasteiger partial charge is 0.126 e. The topological polar surface area (TPSA) is 47.3 Å². The molecule has 0 aliphatic rings. The normalized spacial score (nSPS) is 12.2. The van der Waals surface area contributed by atoms with E-state index < -0.39 is 0 Å². The molecule has 2 rings (SSSR count). The molecule has 3 nitrogen and oxygen atoms in total. The Balaban J connectivity index is 2.40. The number of benzene rings is 2. The minimum Gasteiger partial charge on any atom is -0.496 e. The quantitative estimate of drug-likeness (QED) is 0.656. The Hall–Kier alpha value is -1.91. The van der Waals surface area contributed by atoms with Gasteiger partial charge in [-0.2, -0.15) is 0 Å². The van der Waals surface area contributed by atoms with Crippen molar-refractivity contribution in [2.75, 3.05) is 7.11 Å². The van der Waals surface area contributed by atoms with E-state index in [1.807, 2.05) is 26.0 Å². The summed E-state index contributed by atoms with van der Waals surface area (Å²) < 4.78 is 19.3. The minimum atomic E-state index is -0.221. The summed E-state index contributed by atoms with van der Waals surface area (Å²) in [5, 5.41) is 0. The molecule has 112 valence electrons. The largest absolute Gasteiger partial charge is 0.496 e. The fourth-order valence-electron chi connectivity index (χ4n) is 2.68. The van der Waals surface area contributed by atoms with E-state index in [-0.39, 0.29) is 11.9 Å². The van der Waals surface area contributed by atoms with E-state index in [0.29, 0.717) is 12.0 Å². The van der Waals surface area contributed by atoms with Crippen molar-refractivity contribution in [3.05, 3.63) is 64.5 Å². The number of rotatable bonds is 5. The molecule has 1 atom stereocenters. The highest BCUT2D eigenvalue weighted by Gasteiger charge is 2.19. The maximum Gasteiger partial charge on any atom is 0.126 e. The second-order valence-electron chi connectivity index (χ2n) is 5.21. The number of hydrogen-bond donors (Lipinski definition) is 2. The van der Waals surface area contributed by atoms with Crippen LogP contribution in [0.4, 0.5) is 4.39 Å². The van der Waals surface area contributed by atoms with E-state index in [2.05, 4.69) is 11.5 Å². The van der Waals surface area contributed by atoms with E-state index in [1.54, 1.807) is 19.2 Å². The average molecular weight is 288 g/mol. The fourth-order valence-corrected chi connectivity index (χ4v) is 2.68. The van der Waals surface area contributed by atoms with Crippen LogP contribution in [0.15, 0.2) is 36.4 Å². The maximum atomic E-state index is 13.8. The highest BCUT2D eigenvalue weighted by atomic mass is 19.1. The predicted octanol–water partition coefficient (Wildman–Crippen LogP) is 3.20. The number of ether oxygens (including phenoxy) is 1. The van der Waals surface area contributed by atoms with Gasteiger partial charge in [0.25, 0.3) is 0 Å². The van der Waals surface area contributed by atoms with Crippen molar-refractivity contribution >= 4 is 0 Å². The Morgan fingerprint density at radius 1 is 1.24 bits per heavy atom. The zero-order valence-corrected chi connectivity index (χ0v) is 12.6. The Kier molecular flexibility index (Phi) is 4.94. The van der Waals surface area contributed by atoms with Crippen LogP contribution in [0, 0.1) is 19.7 Å². The van der Waals surface area contributed by atoms with Crippen LogP contribution in [-0.2, 0) is 6.42 Å². The van der Waals surface area contributed by atoms with Crippen molar-refractivity contribution in [2.45, 2.75) is 26.3 Å². The lowest BCUT2D eigenvalue weighted by atomic mass is 9.93. The van der Waals surface area contributed by atoms with Crippen molar-refractivity contribution in [2.24, 2.45) is 5.84 Å².